The smallest absolute Gasteiger partial charge is 0.211 e. The summed E-state index contributed by atoms with van der Waals surface area (Å²) in [5.74, 6) is 0.302. The first-order valence-electron chi connectivity index (χ1n) is 9.59. The van der Waals surface area contributed by atoms with Gasteiger partial charge < -0.3 is 0 Å². The van der Waals surface area contributed by atoms with Crippen LogP contribution in [0.2, 0.25) is 0 Å². The SMILES string of the molecule is CCCCCCCCCCNS(=O)(=O)CCCCCCCC. The topological polar surface area (TPSA) is 46.2 Å². The molecule has 0 aliphatic rings. The Kier molecular flexibility index (Phi) is 15.7. The summed E-state index contributed by atoms with van der Waals surface area (Å²) in [4.78, 5) is 0. The van der Waals surface area contributed by atoms with E-state index in [1.807, 2.05) is 0 Å². The van der Waals surface area contributed by atoms with E-state index in [-0.39, 0.29) is 0 Å². The summed E-state index contributed by atoms with van der Waals surface area (Å²) < 4.78 is 26.4. The van der Waals surface area contributed by atoms with E-state index in [0.717, 1.165) is 25.7 Å². The molecule has 0 aliphatic heterocycles. The third kappa shape index (κ3) is 16.3. The van der Waals surface area contributed by atoms with Crippen LogP contribution in [0.25, 0.3) is 0 Å². The van der Waals surface area contributed by atoms with Crippen LogP contribution in [0.5, 0.6) is 0 Å². The van der Waals surface area contributed by atoms with Gasteiger partial charge in [-0.15, -0.1) is 0 Å². The largest absolute Gasteiger partial charge is 0.215 e. The Bertz CT molecular complexity index is 315. The van der Waals surface area contributed by atoms with Gasteiger partial charge in [-0.25, -0.2) is 13.1 Å². The molecule has 0 saturated carbocycles. The fourth-order valence-corrected chi connectivity index (χ4v) is 3.81. The Morgan fingerprint density at radius 1 is 0.591 bits per heavy atom. The van der Waals surface area contributed by atoms with Crippen molar-refractivity contribution >= 4 is 10.0 Å². The van der Waals surface area contributed by atoms with Crippen LogP contribution in [0.1, 0.15) is 104 Å². The summed E-state index contributed by atoms with van der Waals surface area (Å²) in [6, 6.07) is 0. The molecule has 0 heterocycles. The number of sulfonamides is 1. The summed E-state index contributed by atoms with van der Waals surface area (Å²) >= 11 is 0. The second kappa shape index (κ2) is 15.8. The molecular formula is C18H39NO2S. The average molecular weight is 334 g/mol. The molecule has 0 spiro atoms. The van der Waals surface area contributed by atoms with Gasteiger partial charge in [0.1, 0.15) is 0 Å². The Morgan fingerprint density at radius 2 is 1.00 bits per heavy atom. The van der Waals surface area contributed by atoms with Crippen LogP contribution < -0.4 is 4.72 Å². The van der Waals surface area contributed by atoms with Gasteiger partial charge in [-0.3, -0.25) is 0 Å². The molecule has 0 amide bonds. The first-order chi connectivity index (χ1) is 10.6. The molecular weight excluding hydrogens is 294 g/mol. The fraction of sp³-hybridized carbons (Fsp3) is 1.00. The minimum absolute atomic E-state index is 0.302. The third-order valence-electron chi connectivity index (χ3n) is 4.12. The minimum Gasteiger partial charge on any atom is -0.215 e. The van der Waals surface area contributed by atoms with E-state index in [4.69, 9.17) is 0 Å². The van der Waals surface area contributed by atoms with Gasteiger partial charge in [0.25, 0.3) is 0 Å². The Balaban J connectivity index is 3.37. The summed E-state index contributed by atoms with van der Waals surface area (Å²) in [6.07, 6.45) is 16.7. The lowest BCUT2D eigenvalue weighted by molar-refractivity contribution is 0.554. The van der Waals surface area contributed by atoms with Crippen molar-refractivity contribution in [3.63, 3.8) is 0 Å². The minimum atomic E-state index is -3.03. The van der Waals surface area contributed by atoms with Gasteiger partial charge in [0.15, 0.2) is 0 Å². The Hall–Kier alpha value is -0.0900. The highest BCUT2D eigenvalue weighted by atomic mass is 32.2. The number of nitrogens with one attached hydrogen (secondary N) is 1. The highest BCUT2D eigenvalue weighted by molar-refractivity contribution is 7.89. The van der Waals surface area contributed by atoms with Crippen LogP contribution in [0.15, 0.2) is 0 Å². The maximum absolute atomic E-state index is 11.8. The van der Waals surface area contributed by atoms with Gasteiger partial charge in [-0.2, -0.15) is 0 Å². The molecule has 1 N–H and O–H groups in total. The first-order valence-corrected chi connectivity index (χ1v) is 11.2. The predicted octanol–water partition coefficient (Wildman–Crippen LogP) is 5.41. The van der Waals surface area contributed by atoms with Crippen molar-refractivity contribution in [3.05, 3.63) is 0 Å². The molecule has 0 aromatic rings. The van der Waals surface area contributed by atoms with Gasteiger partial charge in [0.2, 0.25) is 10.0 Å². The molecule has 0 saturated heterocycles. The molecule has 0 radical (unpaired) electrons. The van der Waals surface area contributed by atoms with Crippen molar-refractivity contribution < 1.29 is 8.42 Å². The number of hydrogen-bond donors (Lipinski definition) is 1. The summed E-state index contributed by atoms with van der Waals surface area (Å²) in [5.41, 5.74) is 0. The third-order valence-corrected chi connectivity index (χ3v) is 5.59. The molecule has 4 heteroatoms. The highest BCUT2D eigenvalue weighted by Gasteiger charge is 2.08. The maximum atomic E-state index is 11.8. The van der Waals surface area contributed by atoms with Crippen LogP contribution in [-0.4, -0.2) is 20.7 Å². The molecule has 134 valence electrons. The zero-order valence-corrected chi connectivity index (χ0v) is 15.9. The molecule has 0 unspecified atom stereocenters. The van der Waals surface area contributed by atoms with E-state index in [1.165, 1.54) is 64.2 Å². The lowest BCUT2D eigenvalue weighted by Crippen LogP contribution is -2.27. The normalized spacial score (nSPS) is 11.9. The van der Waals surface area contributed by atoms with Crippen molar-refractivity contribution in [2.45, 2.75) is 104 Å². The number of unbranched alkanes of at least 4 members (excludes halogenated alkanes) is 12. The molecule has 0 aromatic carbocycles. The monoisotopic (exact) mass is 333 g/mol. The molecule has 0 aromatic heterocycles. The van der Waals surface area contributed by atoms with Gasteiger partial charge >= 0.3 is 0 Å². The van der Waals surface area contributed by atoms with Crippen LogP contribution in [-0.2, 0) is 10.0 Å². The predicted molar refractivity (Wildman–Crippen MR) is 97.8 cm³/mol. The average Bonchev–Trinajstić information content (AvgIpc) is 2.49. The van der Waals surface area contributed by atoms with E-state index in [0.29, 0.717) is 12.3 Å². The summed E-state index contributed by atoms with van der Waals surface area (Å²) in [5, 5.41) is 0. The van der Waals surface area contributed by atoms with Crippen molar-refractivity contribution in [1.29, 1.82) is 0 Å². The van der Waals surface area contributed by atoms with Crippen LogP contribution in [0, 0.1) is 0 Å². The highest BCUT2D eigenvalue weighted by Crippen LogP contribution is 2.08. The van der Waals surface area contributed by atoms with Gasteiger partial charge in [0, 0.05) is 6.54 Å². The summed E-state index contributed by atoms with van der Waals surface area (Å²) in [7, 11) is -3.03. The van der Waals surface area contributed by atoms with E-state index < -0.39 is 10.0 Å². The van der Waals surface area contributed by atoms with Gasteiger partial charge in [-0.05, 0) is 12.8 Å². The second-order valence-corrected chi connectivity index (χ2v) is 8.38. The zero-order valence-electron chi connectivity index (χ0n) is 15.0. The van der Waals surface area contributed by atoms with Crippen molar-refractivity contribution in [1.82, 2.24) is 4.72 Å². The number of hydrogen-bond acceptors (Lipinski definition) is 2. The quantitative estimate of drug-likeness (QED) is 0.362. The van der Waals surface area contributed by atoms with E-state index in [1.54, 1.807) is 0 Å². The number of rotatable bonds is 17. The van der Waals surface area contributed by atoms with Crippen molar-refractivity contribution in [3.8, 4) is 0 Å². The van der Waals surface area contributed by atoms with E-state index >= 15 is 0 Å². The van der Waals surface area contributed by atoms with Crippen LogP contribution in [0.4, 0.5) is 0 Å². The molecule has 0 aliphatic carbocycles. The van der Waals surface area contributed by atoms with Crippen LogP contribution in [0.3, 0.4) is 0 Å². The summed E-state index contributed by atoms with van der Waals surface area (Å²) in [6.45, 7) is 5.05. The molecule has 0 fully saturated rings. The lowest BCUT2D eigenvalue weighted by Gasteiger charge is -2.07. The molecule has 22 heavy (non-hydrogen) atoms. The second-order valence-electron chi connectivity index (χ2n) is 6.46. The van der Waals surface area contributed by atoms with E-state index in [9.17, 15) is 8.42 Å². The van der Waals surface area contributed by atoms with E-state index in [2.05, 4.69) is 18.6 Å². The Morgan fingerprint density at radius 3 is 1.50 bits per heavy atom. The molecule has 3 nitrogen and oxygen atoms in total. The molecule has 0 rings (SSSR count). The lowest BCUT2D eigenvalue weighted by atomic mass is 10.1. The van der Waals surface area contributed by atoms with Gasteiger partial charge in [-0.1, -0.05) is 90.9 Å². The molecule has 0 atom stereocenters. The van der Waals surface area contributed by atoms with Crippen molar-refractivity contribution in [2.24, 2.45) is 0 Å². The van der Waals surface area contributed by atoms with Crippen molar-refractivity contribution in [2.75, 3.05) is 12.3 Å². The standard InChI is InChI=1S/C18H39NO2S/c1-3-5-7-9-11-12-13-15-17-19-22(20,21)18-16-14-10-8-6-4-2/h19H,3-18H2,1-2H3. The maximum Gasteiger partial charge on any atom is 0.211 e. The van der Waals surface area contributed by atoms with Gasteiger partial charge in [0.05, 0.1) is 5.75 Å². The fourth-order valence-electron chi connectivity index (χ4n) is 2.63. The zero-order chi connectivity index (χ0) is 16.5. The molecule has 0 bridgehead atoms. The Labute approximate surface area is 139 Å². The van der Waals surface area contributed by atoms with Crippen LogP contribution >= 0.6 is 0 Å². The first kappa shape index (κ1) is 21.9.